The number of benzene rings is 2. The average molecular weight is 425 g/mol. The number of methoxy groups -OCH3 is 3. The molecule has 0 bridgehead atoms. The molecule has 5 nitrogen and oxygen atoms in total. The molecule has 0 spiro atoms. The molecule has 2 atom stereocenters. The summed E-state index contributed by atoms with van der Waals surface area (Å²) in [6, 6.07) is 8.04. The summed E-state index contributed by atoms with van der Waals surface area (Å²) in [5.74, 6) is 0.957. The fraction of sp³-hybridized carbons (Fsp3) is 0.409. The molecule has 0 aromatic heterocycles. The van der Waals surface area contributed by atoms with Crippen LogP contribution in [0.4, 0.5) is 13.2 Å². The fourth-order valence-electron chi connectivity index (χ4n) is 3.13. The van der Waals surface area contributed by atoms with Gasteiger partial charge in [0.1, 0.15) is 0 Å². The number of hydrogen-bond acceptors (Lipinski definition) is 4. The van der Waals surface area contributed by atoms with E-state index in [4.69, 9.17) is 14.2 Å². The van der Waals surface area contributed by atoms with Gasteiger partial charge in [-0.05, 0) is 48.2 Å². The van der Waals surface area contributed by atoms with E-state index in [9.17, 15) is 18.0 Å². The first-order chi connectivity index (χ1) is 14.1. The van der Waals surface area contributed by atoms with Gasteiger partial charge < -0.3 is 19.5 Å². The molecular weight excluding hydrogens is 399 g/mol. The molecule has 0 saturated heterocycles. The first-order valence-electron chi connectivity index (χ1n) is 9.37. The largest absolute Gasteiger partial charge is 0.493 e. The average Bonchev–Trinajstić information content (AvgIpc) is 2.71. The van der Waals surface area contributed by atoms with E-state index in [1.54, 1.807) is 19.1 Å². The van der Waals surface area contributed by atoms with Crippen molar-refractivity contribution in [2.75, 3.05) is 21.3 Å². The van der Waals surface area contributed by atoms with Crippen LogP contribution in [0, 0.1) is 0 Å². The smallest absolute Gasteiger partial charge is 0.416 e. The van der Waals surface area contributed by atoms with E-state index >= 15 is 0 Å². The van der Waals surface area contributed by atoms with Gasteiger partial charge in [-0.1, -0.05) is 19.1 Å². The summed E-state index contributed by atoms with van der Waals surface area (Å²) in [5.41, 5.74) is 0.720. The second kappa shape index (κ2) is 9.73. The van der Waals surface area contributed by atoms with E-state index in [1.165, 1.54) is 33.5 Å². The first-order valence-corrected chi connectivity index (χ1v) is 9.37. The summed E-state index contributed by atoms with van der Waals surface area (Å²) in [6.45, 7) is 3.62. The maximum absolute atomic E-state index is 12.7. The van der Waals surface area contributed by atoms with Gasteiger partial charge in [0.15, 0.2) is 11.5 Å². The van der Waals surface area contributed by atoms with Crippen LogP contribution >= 0.6 is 0 Å². The summed E-state index contributed by atoms with van der Waals surface area (Å²) < 4.78 is 54.1. The van der Waals surface area contributed by atoms with Gasteiger partial charge in [0, 0.05) is 6.42 Å². The van der Waals surface area contributed by atoms with E-state index in [0.717, 1.165) is 17.7 Å². The molecular formula is C22H26F3NO4. The highest BCUT2D eigenvalue weighted by Crippen LogP contribution is 2.39. The summed E-state index contributed by atoms with van der Waals surface area (Å²) >= 11 is 0. The molecule has 0 fully saturated rings. The second-order valence-electron chi connectivity index (χ2n) is 6.97. The standard InChI is InChI=1S/C22H26F3NO4/c1-13(15-6-8-17(9-7-15)22(23,24)25)10-20(27)26-14(2)16-11-18(28-3)21(30-5)19(12-16)29-4/h6-9,11-14H,10H2,1-5H3,(H,26,27). The summed E-state index contributed by atoms with van der Waals surface area (Å²) in [5, 5.41) is 2.90. The Morgan fingerprint density at radius 3 is 1.90 bits per heavy atom. The molecule has 1 N–H and O–H groups in total. The minimum Gasteiger partial charge on any atom is -0.493 e. The Labute approximate surface area is 174 Å². The van der Waals surface area contributed by atoms with Crippen molar-refractivity contribution in [2.45, 2.75) is 38.4 Å². The lowest BCUT2D eigenvalue weighted by atomic mass is 9.96. The van der Waals surface area contributed by atoms with E-state index in [1.807, 2.05) is 6.92 Å². The van der Waals surface area contributed by atoms with Gasteiger partial charge in [-0.15, -0.1) is 0 Å². The number of nitrogens with one attached hydrogen (secondary N) is 1. The Hall–Kier alpha value is -2.90. The van der Waals surface area contributed by atoms with Crippen LogP contribution < -0.4 is 19.5 Å². The third-order valence-corrected chi connectivity index (χ3v) is 4.86. The Morgan fingerprint density at radius 2 is 1.47 bits per heavy atom. The lowest BCUT2D eigenvalue weighted by Crippen LogP contribution is -2.27. The van der Waals surface area contributed by atoms with Crippen LogP contribution in [-0.4, -0.2) is 27.2 Å². The molecule has 0 radical (unpaired) electrons. The van der Waals surface area contributed by atoms with E-state index in [0.29, 0.717) is 22.8 Å². The molecule has 30 heavy (non-hydrogen) atoms. The van der Waals surface area contributed by atoms with E-state index < -0.39 is 11.7 Å². The Kier molecular flexibility index (Phi) is 7.59. The zero-order chi connectivity index (χ0) is 22.5. The number of ether oxygens (including phenoxy) is 3. The molecule has 2 aromatic carbocycles. The maximum Gasteiger partial charge on any atom is 0.416 e. The highest BCUT2D eigenvalue weighted by Gasteiger charge is 2.30. The van der Waals surface area contributed by atoms with Gasteiger partial charge >= 0.3 is 6.18 Å². The molecule has 164 valence electrons. The number of rotatable bonds is 8. The molecule has 0 aliphatic rings. The van der Waals surface area contributed by atoms with Gasteiger partial charge in [-0.25, -0.2) is 0 Å². The zero-order valence-electron chi connectivity index (χ0n) is 17.6. The van der Waals surface area contributed by atoms with Gasteiger partial charge in [0.25, 0.3) is 0 Å². The summed E-state index contributed by atoms with van der Waals surface area (Å²) in [4.78, 5) is 12.5. The highest BCUT2D eigenvalue weighted by atomic mass is 19.4. The predicted molar refractivity (Wildman–Crippen MR) is 107 cm³/mol. The molecule has 0 aliphatic heterocycles. The van der Waals surface area contributed by atoms with Crippen molar-refractivity contribution in [3.05, 3.63) is 53.1 Å². The molecule has 8 heteroatoms. The second-order valence-corrected chi connectivity index (χ2v) is 6.97. The lowest BCUT2D eigenvalue weighted by molar-refractivity contribution is -0.137. The van der Waals surface area contributed by atoms with Crippen LogP contribution in [0.1, 0.15) is 48.9 Å². The Bertz CT molecular complexity index is 841. The normalized spacial score (nSPS) is 13.3. The lowest BCUT2D eigenvalue weighted by Gasteiger charge is -2.20. The minimum absolute atomic E-state index is 0.139. The third-order valence-electron chi connectivity index (χ3n) is 4.86. The number of carbonyl (C=O) groups is 1. The van der Waals surface area contributed by atoms with Crippen molar-refractivity contribution < 1.29 is 32.2 Å². The molecule has 2 unspecified atom stereocenters. The molecule has 0 heterocycles. The molecule has 2 aromatic rings. The Balaban J connectivity index is 2.07. The van der Waals surface area contributed by atoms with Crippen molar-refractivity contribution in [2.24, 2.45) is 0 Å². The number of amides is 1. The summed E-state index contributed by atoms with van der Waals surface area (Å²) in [7, 11) is 4.53. The number of hydrogen-bond donors (Lipinski definition) is 1. The van der Waals surface area contributed by atoms with Crippen LogP contribution in [-0.2, 0) is 11.0 Å². The van der Waals surface area contributed by atoms with Gasteiger partial charge in [0.2, 0.25) is 11.7 Å². The van der Waals surface area contributed by atoms with Crippen LogP contribution in [0.3, 0.4) is 0 Å². The van der Waals surface area contributed by atoms with Crippen molar-refractivity contribution in [3.63, 3.8) is 0 Å². The van der Waals surface area contributed by atoms with Gasteiger partial charge in [-0.2, -0.15) is 13.2 Å². The van der Waals surface area contributed by atoms with Crippen LogP contribution in [0.2, 0.25) is 0 Å². The third kappa shape index (κ3) is 5.58. The van der Waals surface area contributed by atoms with Crippen LogP contribution in [0.15, 0.2) is 36.4 Å². The zero-order valence-corrected chi connectivity index (χ0v) is 17.6. The van der Waals surface area contributed by atoms with Crippen molar-refractivity contribution >= 4 is 5.91 Å². The molecule has 0 aliphatic carbocycles. The highest BCUT2D eigenvalue weighted by molar-refractivity contribution is 5.77. The van der Waals surface area contributed by atoms with Crippen LogP contribution in [0.25, 0.3) is 0 Å². The van der Waals surface area contributed by atoms with Crippen molar-refractivity contribution in [1.29, 1.82) is 0 Å². The number of halogens is 3. The monoisotopic (exact) mass is 425 g/mol. The van der Waals surface area contributed by atoms with Gasteiger partial charge in [-0.3, -0.25) is 4.79 Å². The van der Waals surface area contributed by atoms with Crippen molar-refractivity contribution in [1.82, 2.24) is 5.32 Å². The van der Waals surface area contributed by atoms with Crippen LogP contribution in [0.5, 0.6) is 17.2 Å². The predicted octanol–water partition coefficient (Wildman–Crippen LogP) is 5.10. The number of alkyl halides is 3. The quantitative estimate of drug-likeness (QED) is 0.639. The Morgan fingerprint density at radius 1 is 0.933 bits per heavy atom. The number of carbonyl (C=O) groups excluding carboxylic acids is 1. The van der Waals surface area contributed by atoms with Gasteiger partial charge in [0.05, 0.1) is 32.9 Å². The SMILES string of the molecule is COc1cc(C(C)NC(=O)CC(C)c2ccc(C(F)(F)F)cc2)cc(OC)c1OC. The molecule has 1 amide bonds. The molecule has 0 saturated carbocycles. The van der Waals surface area contributed by atoms with Crippen molar-refractivity contribution in [3.8, 4) is 17.2 Å². The topological polar surface area (TPSA) is 56.8 Å². The maximum atomic E-state index is 12.7. The van der Waals surface area contributed by atoms with E-state index in [-0.39, 0.29) is 24.3 Å². The fourth-order valence-corrected chi connectivity index (χ4v) is 3.13. The van der Waals surface area contributed by atoms with E-state index in [2.05, 4.69) is 5.32 Å². The summed E-state index contributed by atoms with van der Waals surface area (Å²) in [6.07, 6.45) is -4.24. The molecule has 2 rings (SSSR count). The first kappa shape index (κ1) is 23.4. The minimum atomic E-state index is -4.38.